The minimum atomic E-state index is 0.881. The van der Waals surface area contributed by atoms with Gasteiger partial charge in [-0.25, -0.2) is 0 Å². The van der Waals surface area contributed by atoms with Crippen LogP contribution in [0.5, 0.6) is 0 Å². The number of nitrogens with one attached hydrogen (secondary N) is 1. The highest BCUT2D eigenvalue weighted by atomic mass is 79.9. The van der Waals surface area contributed by atoms with Gasteiger partial charge in [0.1, 0.15) is 5.69 Å². The lowest BCUT2D eigenvalue weighted by atomic mass is 10.1. The van der Waals surface area contributed by atoms with E-state index in [-0.39, 0.29) is 0 Å². The lowest BCUT2D eigenvalue weighted by molar-refractivity contribution is 1.11. The molecule has 1 N–H and O–H groups in total. The Morgan fingerprint density at radius 1 is 1.12 bits per heavy atom. The number of hydrogen-bond donors (Lipinski definition) is 1. The third-order valence-electron chi connectivity index (χ3n) is 2.43. The van der Waals surface area contributed by atoms with Crippen molar-refractivity contribution in [1.82, 2.24) is 15.2 Å². The summed E-state index contributed by atoms with van der Waals surface area (Å²) in [5, 5.41) is 8.38. The molecule has 0 bridgehead atoms. The number of halogens is 1. The van der Waals surface area contributed by atoms with E-state index in [1.165, 1.54) is 0 Å². The Labute approximate surface area is 101 Å². The largest absolute Gasteiger partial charge is 0.277 e. The van der Waals surface area contributed by atoms with Crippen molar-refractivity contribution in [3.05, 3.63) is 47.1 Å². The van der Waals surface area contributed by atoms with Gasteiger partial charge >= 0.3 is 0 Å². The second-order valence-electron chi connectivity index (χ2n) is 3.48. The average Bonchev–Trinajstić information content (AvgIpc) is 2.73. The minimum absolute atomic E-state index is 0.881. The Balaban J connectivity index is 2.29. The van der Waals surface area contributed by atoms with E-state index in [9.17, 15) is 0 Å². The highest BCUT2D eigenvalue weighted by Gasteiger charge is 2.08. The van der Waals surface area contributed by atoms with Gasteiger partial charge in [-0.2, -0.15) is 5.10 Å². The number of pyridine rings is 1. The number of benzene rings is 1. The van der Waals surface area contributed by atoms with Crippen LogP contribution in [0.1, 0.15) is 0 Å². The Bertz CT molecular complexity index is 631. The van der Waals surface area contributed by atoms with E-state index in [4.69, 9.17) is 0 Å². The number of rotatable bonds is 1. The SMILES string of the molecule is Brc1ccc2[nH]nc(-c3ccccn3)c2c1. The first kappa shape index (κ1) is 9.54. The maximum atomic E-state index is 4.30. The summed E-state index contributed by atoms with van der Waals surface area (Å²) in [5.41, 5.74) is 2.78. The van der Waals surface area contributed by atoms with Gasteiger partial charge in [0.05, 0.1) is 11.2 Å². The van der Waals surface area contributed by atoms with Gasteiger partial charge in [0.25, 0.3) is 0 Å². The predicted octanol–water partition coefficient (Wildman–Crippen LogP) is 3.39. The highest BCUT2D eigenvalue weighted by molar-refractivity contribution is 9.10. The molecular formula is C12H8BrN3. The van der Waals surface area contributed by atoms with Crippen LogP contribution in [0.15, 0.2) is 47.1 Å². The van der Waals surface area contributed by atoms with E-state index in [2.05, 4.69) is 31.1 Å². The van der Waals surface area contributed by atoms with Crippen molar-refractivity contribution in [2.45, 2.75) is 0 Å². The van der Waals surface area contributed by atoms with Crippen molar-refractivity contribution >= 4 is 26.8 Å². The fourth-order valence-electron chi connectivity index (χ4n) is 1.68. The molecule has 3 nitrogen and oxygen atoms in total. The summed E-state index contributed by atoms with van der Waals surface area (Å²) in [6.45, 7) is 0. The second-order valence-corrected chi connectivity index (χ2v) is 4.39. The third kappa shape index (κ3) is 1.51. The maximum absolute atomic E-state index is 4.30. The summed E-state index contributed by atoms with van der Waals surface area (Å²) in [5.74, 6) is 0. The van der Waals surface area contributed by atoms with Crippen molar-refractivity contribution in [1.29, 1.82) is 0 Å². The highest BCUT2D eigenvalue weighted by Crippen LogP contribution is 2.26. The van der Waals surface area contributed by atoms with Crippen LogP contribution in [0, 0.1) is 0 Å². The minimum Gasteiger partial charge on any atom is -0.277 e. The van der Waals surface area contributed by atoms with Gasteiger partial charge in [0, 0.05) is 16.1 Å². The van der Waals surface area contributed by atoms with Crippen LogP contribution in [0.25, 0.3) is 22.3 Å². The van der Waals surface area contributed by atoms with E-state index < -0.39 is 0 Å². The van der Waals surface area contributed by atoms with E-state index in [0.29, 0.717) is 0 Å². The Kier molecular flexibility index (Phi) is 2.22. The molecule has 0 radical (unpaired) electrons. The molecule has 0 aliphatic heterocycles. The summed E-state index contributed by atoms with van der Waals surface area (Å²) in [6, 6.07) is 11.8. The first-order valence-electron chi connectivity index (χ1n) is 4.89. The molecule has 3 aromatic rings. The summed E-state index contributed by atoms with van der Waals surface area (Å²) in [4.78, 5) is 4.30. The van der Waals surface area contributed by atoms with E-state index in [1.807, 2.05) is 36.4 Å². The van der Waals surface area contributed by atoms with E-state index in [1.54, 1.807) is 6.20 Å². The number of H-pyrrole nitrogens is 1. The monoisotopic (exact) mass is 273 g/mol. The molecular weight excluding hydrogens is 266 g/mol. The average molecular weight is 274 g/mol. The number of nitrogens with zero attached hydrogens (tertiary/aromatic N) is 2. The molecule has 0 saturated heterocycles. The van der Waals surface area contributed by atoms with Crippen molar-refractivity contribution in [2.75, 3.05) is 0 Å². The van der Waals surface area contributed by atoms with Crippen LogP contribution >= 0.6 is 15.9 Å². The lowest BCUT2D eigenvalue weighted by Crippen LogP contribution is -1.82. The molecule has 3 rings (SSSR count). The molecule has 0 fully saturated rings. The Morgan fingerprint density at radius 3 is 2.88 bits per heavy atom. The smallest absolute Gasteiger partial charge is 0.118 e. The van der Waals surface area contributed by atoms with Crippen LogP contribution in [0.4, 0.5) is 0 Å². The zero-order chi connectivity index (χ0) is 11.0. The van der Waals surface area contributed by atoms with Crippen LogP contribution in [-0.4, -0.2) is 15.2 Å². The molecule has 4 heteroatoms. The van der Waals surface area contributed by atoms with Crippen molar-refractivity contribution in [3.8, 4) is 11.4 Å². The molecule has 0 spiro atoms. The summed E-state index contributed by atoms with van der Waals surface area (Å²) in [6.07, 6.45) is 1.77. The molecule has 0 amide bonds. The zero-order valence-corrected chi connectivity index (χ0v) is 9.90. The maximum Gasteiger partial charge on any atom is 0.118 e. The molecule has 0 aliphatic carbocycles. The number of aromatic amines is 1. The molecule has 78 valence electrons. The third-order valence-corrected chi connectivity index (χ3v) is 2.93. The predicted molar refractivity (Wildman–Crippen MR) is 67.0 cm³/mol. The van der Waals surface area contributed by atoms with Gasteiger partial charge in [0.2, 0.25) is 0 Å². The number of hydrogen-bond acceptors (Lipinski definition) is 2. The van der Waals surface area contributed by atoms with Crippen LogP contribution < -0.4 is 0 Å². The second kappa shape index (κ2) is 3.72. The van der Waals surface area contributed by atoms with Crippen LogP contribution in [0.3, 0.4) is 0 Å². The molecule has 16 heavy (non-hydrogen) atoms. The fraction of sp³-hybridized carbons (Fsp3) is 0. The molecule has 1 aromatic carbocycles. The normalized spacial score (nSPS) is 10.8. The topological polar surface area (TPSA) is 41.6 Å². The fourth-order valence-corrected chi connectivity index (χ4v) is 2.05. The van der Waals surface area contributed by atoms with E-state index >= 15 is 0 Å². The Hall–Kier alpha value is -1.68. The van der Waals surface area contributed by atoms with Gasteiger partial charge in [-0.3, -0.25) is 10.1 Å². The molecule has 2 heterocycles. The van der Waals surface area contributed by atoms with Gasteiger partial charge in [-0.05, 0) is 30.3 Å². The van der Waals surface area contributed by atoms with Gasteiger partial charge in [-0.15, -0.1) is 0 Å². The van der Waals surface area contributed by atoms with Crippen LogP contribution in [0.2, 0.25) is 0 Å². The summed E-state index contributed by atoms with van der Waals surface area (Å²) < 4.78 is 1.04. The van der Waals surface area contributed by atoms with E-state index in [0.717, 1.165) is 26.8 Å². The van der Waals surface area contributed by atoms with Gasteiger partial charge in [-0.1, -0.05) is 22.0 Å². The van der Waals surface area contributed by atoms with Gasteiger partial charge in [0.15, 0.2) is 0 Å². The van der Waals surface area contributed by atoms with Gasteiger partial charge < -0.3 is 0 Å². The zero-order valence-electron chi connectivity index (χ0n) is 8.31. The number of aromatic nitrogens is 3. The first-order valence-corrected chi connectivity index (χ1v) is 5.69. The van der Waals surface area contributed by atoms with Crippen molar-refractivity contribution in [3.63, 3.8) is 0 Å². The summed E-state index contributed by atoms with van der Waals surface area (Å²) in [7, 11) is 0. The number of fused-ring (bicyclic) bond motifs is 1. The first-order chi connectivity index (χ1) is 7.84. The molecule has 0 atom stereocenters. The molecule has 0 saturated carbocycles. The van der Waals surface area contributed by atoms with Crippen molar-refractivity contribution < 1.29 is 0 Å². The lowest BCUT2D eigenvalue weighted by Gasteiger charge is -1.96. The molecule has 2 aromatic heterocycles. The van der Waals surface area contributed by atoms with Crippen LogP contribution in [-0.2, 0) is 0 Å². The standard InChI is InChI=1S/C12H8BrN3/c13-8-4-5-10-9(7-8)12(16-15-10)11-3-1-2-6-14-11/h1-7H,(H,15,16). The molecule has 0 aliphatic rings. The molecule has 0 unspecified atom stereocenters. The summed E-state index contributed by atoms with van der Waals surface area (Å²) >= 11 is 3.46. The Morgan fingerprint density at radius 2 is 2.06 bits per heavy atom. The van der Waals surface area contributed by atoms with Crippen molar-refractivity contribution in [2.24, 2.45) is 0 Å². The quantitative estimate of drug-likeness (QED) is 0.739.